The fourth-order valence-corrected chi connectivity index (χ4v) is 2.12. The van der Waals surface area contributed by atoms with Crippen LogP contribution in [0.4, 0.5) is 0 Å². The minimum Gasteiger partial charge on any atom is -0.497 e. The molecule has 2 N–H and O–H groups in total. The maximum atomic E-state index is 11.9. The quantitative estimate of drug-likeness (QED) is 0.732. The van der Waals surface area contributed by atoms with E-state index in [0.717, 1.165) is 12.8 Å². The fourth-order valence-electron chi connectivity index (χ4n) is 2.12. The molecule has 1 atom stereocenters. The van der Waals surface area contributed by atoms with Gasteiger partial charge >= 0.3 is 5.97 Å². The molecule has 1 rings (SSSR count). The van der Waals surface area contributed by atoms with Crippen LogP contribution in [-0.4, -0.2) is 31.2 Å². The van der Waals surface area contributed by atoms with Crippen molar-refractivity contribution in [2.45, 2.75) is 38.6 Å². The molecule has 0 aliphatic heterocycles. The van der Waals surface area contributed by atoms with Gasteiger partial charge in [-0.1, -0.05) is 13.3 Å². The molecular formula is C16H23NO5. The van der Waals surface area contributed by atoms with Crippen molar-refractivity contribution >= 4 is 11.9 Å². The average Bonchev–Trinajstić information content (AvgIpc) is 2.51. The first kappa shape index (κ1) is 17.8. The van der Waals surface area contributed by atoms with Gasteiger partial charge in [0.2, 0.25) is 5.91 Å². The van der Waals surface area contributed by atoms with Crippen molar-refractivity contribution in [1.29, 1.82) is 0 Å². The maximum Gasteiger partial charge on any atom is 0.305 e. The summed E-state index contributed by atoms with van der Waals surface area (Å²) >= 11 is 0. The molecule has 0 saturated heterocycles. The van der Waals surface area contributed by atoms with Gasteiger partial charge in [-0.25, -0.2) is 0 Å². The molecule has 0 heterocycles. The number of carbonyl (C=O) groups excluding carboxylic acids is 1. The van der Waals surface area contributed by atoms with E-state index in [-0.39, 0.29) is 12.3 Å². The molecule has 0 aliphatic carbocycles. The van der Waals surface area contributed by atoms with Gasteiger partial charge < -0.3 is 19.9 Å². The van der Waals surface area contributed by atoms with Crippen LogP contribution in [-0.2, 0) is 9.59 Å². The lowest BCUT2D eigenvalue weighted by atomic mass is 10.0. The van der Waals surface area contributed by atoms with Crippen molar-refractivity contribution in [1.82, 2.24) is 5.32 Å². The van der Waals surface area contributed by atoms with E-state index in [9.17, 15) is 9.59 Å². The Bertz CT molecular complexity index is 515. The van der Waals surface area contributed by atoms with Gasteiger partial charge in [0.25, 0.3) is 0 Å². The molecule has 0 aromatic heterocycles. The number of hydrogen-bond donors (Lipinski definition) is 2. The molecule has 0 spiro atoms. The topological polar surface area (TPSA) is 84.9 Å². The molecule has 122 valence electrons. The lowest BCUT2D eigenvalue weighted by Crippen LogP contribution is -2.30. The third kappa shape index (κ3) is 5.27. The van der Waals surface area contributed by atoms with Gasteiger partial charge in [-0.3, -0.25) is 9.59 Å². The van der Waals surface area contributed by atoms with Crippen molar-refractivity contribution in [2.24, 2.45) is 0 Å². The zero-order valence-corrected chi connectivity index (χ0v) is 13.2. The van der Waals surface area contributed by atoms with Crippen LogP contribution in [0.2, 0.25) is 0 Å². The molecule has 1 unspecified atom stereocenters. The molecule has 0 radical (unpaired) electrons. The van der Waals surface area contributed by atoms with E-state index in [2.05, 4.69) is 5.32 Å². The highest BCUT2D eigenvalue weighted by Gasteiger charge is 2.21. The van der Waals surface area contributed by atoms with Crippen molar-refractivity contribution in [3.63, 3.8) is 0 Å². The van der Waals surface area contributed by atoms with Crippen LogP contribution in [0, 0.1) is 0 Å². The van der Waals surface area contributed by atoms with E-state index < -0.39 is 12.0 Å². The minimum atomic E-state index is -0.987. The Morgan fingerprint density at radius 1 is 1.27 bits per heavy atom. The second kappa shape index (κ2) is 8.92. The summed E-state index contributed by atoms with van der Waals surface area (Å²) in [4.78, 5) is 23.0. The summed E-state index contributed by atoms with van der Waals surface area (Å²) in [5, 5.41) is 11.9. The van der Waals surface area contributed by atoms with Gasteiger partial charge in [-0.15, -0.1) is 0 Å². The molecule has 0 aliphatic rings. The Balaban J connectivity index is 3.00. The Hall–Kier alpha value is -2.24. The number of hydrogen-bond acceptors (Lipinski definition) is 4. The summed E-state index contributed by atoms with van der Waals surface area (Å²) in [6.07, 6.45) is 1.85. The summed E-state index contributed by atoms with van der Waals surface area (Å²) in [6.45, 7) is 1.99. The zero-order chi connectivity index (χ0) is 16.5. The predicted octanol–water partition coefficient (Wildman–Crippen LogP) is 2.53. The predicted molar refractivity (Wildman–Crippen MR) is 82.2 cm³/mol. The highest BCUT2D eigenvalue weighted by molar-refractivity contribution is 5.78. The van der Waals surface area contributed by atoms with Crippen molar-refractivity contribution < 1.29 is 24.2 Å². The average molecular weight is 309 g/mol. The molecule has 0 fully saturated rings. The number of methoxy groups -OCH3 is 2. The third-order valence-corrected chi connectivity index (χ3v) is 3.29. The van der Waals surface area contributed by atoms with Crippen LogP contribution < -0.4 is 14.8 Å². The third-order valence-electron chi connectivity index (χ3n) is 3.29. The van der Waals surface area contributed by atoms with Crippen LogP contribution in [0.3, 0.4) is 0 Å². The smallest absolute Gasteiger partial charge is 0.305 e. The molecule has 0 saturated carbocycles. The van der Waals surface area contributed by atoms with Crippen molar-refractivity contribution in [3.05, 3.63) is 23.8 Å². The van der Waals surface area contributed by atoms with E-state index in [1.54, 1.807) is 18.2 Å². The summed E-state index contributed by atoms with van der Waals surface area (Å²) in [5.74, 6) is -0.0574. The lowest BCUT2D eigenvalue weighted by molar-refractivity contribution is -0.137. The molecule has 1 amide bonds. The highest BCUT2D eigenvalue weighted by atomic mass is 16.5. The maximum absolute atomic E-state index is 11.9. The van der Waals surface area contributed by atoms with Gasteiger partial charge in [-0.05, 0) is 18.6 Å². The lowest BCUT2D eigenvalue weighted by Gasteiger charge is -2.20. The van der Waals surface area contributed by atoms with E-state index in [1.165, 1.54) is 14.2 Å². The highest BCUT2D eigenvalue weighted by Crippen LogP contribution is 2.31. The molecule has 1 aromatic rings. The fraction of sp³-hybridized carbons (Fsp3) is 0.500. The van der Waals surface area contributed by atoms with Crippen molar-refractivity contribution in [3.8, 4) is 11.5 Å². The molecular weight excluding hydrogens is 286 g/mol. The van der Waals surface area contributed by atoms with Crippen LogP contribution >= 0.6 is 0 Å². The molecule has 6 heteroatoms. The van der Waals surface area contributed by atoms with E-state index in [4.69, 9.17) is 14.6 Å². The van der Waals surface area contributed by atoms with Gasteiger partial charge in [-0.2, -0.15) is 0 Å². The molecule has 6 nitrogen and oxygen atoms in total. The molecule has 22 heavy (non-hydrogen) atoms. The van der Waals surface area contributed by atoms with Gasteiger partial charge in [0, 0.05) is 18.1 Å². The summed E-state index contributed by atoms with van der Waals surface area (Å²) in [6, 6.07) is 4.46. The normalized spacial score (nSPS) is 11.6. The summed E-state index contributed by atoms with van der Waals surface area (Å²) in [5.41, 5.74) is 0.621. The number of carbonyl (C=O) groups is 2. The largest absolute Gasteiger partial charge is 0.497 e. The Labute approximate surface area is 130 Å². The summed E-state index contributed by atoms with van der Waals surface area (Å²) in [7, 11) is 3.03. The first-order chi connectivity index (χ1) is 10.5. The first-order valence-corrected chi connectivity index (χ1v) is 7.24. The number of amides is 1. The minimum absolute atomic E-state index is 0.161. The number of aliphatic carboxylic acids is 1. The number of ether oxygens (including phenoxy) is 2. The van der Waals surface area contributed by atoms with Crippen LogP contribution in [0.15, 0.2) is 18.2 Å². The van der Waals surface area contributed by atoms with Gasteiger partial charge in [0.05, 0.1) is 26.7 Å². The first-order valence-electron chi connectivity index (χ1n) is 7.24. The van der Waals surface area contributed by atoms with Crippen LogP contribution in [0.25, 0.3) is 0 Å². The number of benzene rings is 1. The number of carboxylic acids is 1. The standard InChI is InChI=1S/C16H23NO5/c1-4-5-6-15(18)17-13(10-16(19)20)12-8-7-11(21-2)9-14(12)22-3/h7-9,13H,4-6,10H2,1-3H3,(H,17,18)(H,19,20). The van der Waals surface area contributed by atoms with Crippen LogP contribution in [0.1, 0.15) is 44.2 Å². The number of carboxylic acid groups (broad SMARTS) is 1. The Kier molecular flexibility index (Phi) is 7.22. The Morgan fingerprint density at radius 2 is 2.00 bits per heavy atom. The van der Waals surface area contributed by atoms with E-state index in [0.29, 0.717) is 23.5 Å². The number of unbranched alkanes of at least 4 members (excludes halogenated alkanes) is 1. The van der Waals surface area contributed by atoms with Gasteiger partial charge in [0.15, 0.2) is 0 Å². The van der Waals surface area contributed by atoms with Crippen LogP contribution in [0.5, 0.6) is 11.5 Å². The second-order valence-electron chi connectivity index (χ2n) is 4.93. The number of rotatable bonds is 9. The monoisotopic (exact) mass is 309 g/mol. The SMILES string of the molecule is CCCCC(=O)NC(CC(=O)O)c1ccc(OC)cc1OC. The Morgan fingerprint density at radius 3 is 2.55 bits per heavy atom. The van der Waals surface area contributed by atoms with Gasteiger partial charge in [0.1, 0.15) is 11.5 Å². The van der Waals surface area contributed by atoms with E-state index in [1.807, 2.05) is 6.92 Å². The zero-order valence-electron chi connectivity index (χ0n) is 13.2. The number of nitrogens with one attached hydrogen (secondary N) is 1. The van der Waals surface area contributed by atoms with Crippen molar-refractivity contribution in [2.75, 3.05) is 14.2 Å². The van der Waals surface area contributed by atoms with E-state index >= 15 is 0 Å². The molecule has 1 aromatic carbocycles. The second-order valence-corrected chi connectivity index (χ2v) is 4.93. The molecule has 0 bridgehead atoms. The summed E-state index contributed by atoms with van der Waals surface area (Å²) < 4.78 is 10.4.